The zero-order valence-electron chi connectivity index (χ0n) is 14.1. The molecular weight excluding hydrogens is 300 g/mol. The molecule has 23 heavy (non-hydrogen) atoms. The third-order valence-corrected chi connectivity index (χ3v) is 3.07. The molecule has 0 radical (unpaired) electrons. The smallest absolute Gasteiger partial charge is 0.338 e. The van der Waals surface area contributed by atoms with Crippen molar-refractivity contribution in [2.24, 2.45) is 5.92 Å². The van der Waals surface area contributed by atoms with Gasteiger partial charge in [0.1, 0.15) is 6.61 Å². The van der Waals surface area contributed by atoms with Crippen LogP contribution in [-0.2, 0) is 14.2 Å². The summed E-state index contributed by atoms with van der Waals surface area (Å²) in [5.74, 6) is -1.48. The zero-order chi connectivity index (χ0) is 17.5. The Labute approximate surface area is 137 Å². The van der Waals surface area contributed by atoms with Crippen LogP contribution < -0.4 is 0 Å². The van der Waals surface area contributed by atoms with E-state index in [0.717, 1.165) is 6.42 Å². The van der Waals surface area contributed by atoms with E-state index >= 15 is 0 Å². The van der Waals surface area contributed by atoms with E-state index in [-0.39, 0.29) is 25.0 Å². The molecule has 1 saturated heterocycles. The van der Waals surface area contributed by atoms with Crippen molar-refractivity contribution >= 4 is 5.97 Å². The third kappa shape index (κ3) is 8.08. The first kappa shape index (κ1) is 19.6. The van der Waals surface area contributed by atoms with Crippen molar-refractivity contribution in [2.45, 2.75) is 45.4 Å². The molecule has 0 amide bonds. The predicted molar refractivity (Wildman–Crippen MR) is 84.7 cm³/mol. The van der Waals surface area contributed by atoms with Crippen LogP contribution in [0.25, 0.3) is 0 Å². The van der Waals surface area contributed by atoms with Gasteiger partial charge < -0.3 is 24.4 Å². The highest BCUT2D eigenvalue weighted by molar-refractivity contribution is 5.89. The summed E-state index contributed by atoms with van der Waals surface area (Å²) >= 11 is 0. The molecule has 3 atom stereocenters. The fraction of sp³-hybridized carbons (Fsp3) is 0.588. The number of methoxy groups -OCH3 is 1. The number of esters is 1. The molecule has 6 nitrogen and oxygen atoms in total. The van der Waals surface area contributed by atoms with Gasteiger partial charge in [-0.15, -0.1) is 0 Å². The third-order valence-electron chi connectivity index (χ3n) is 3.07. The molecule has 0 saturated carbocycles. The summed E-state index contributed by atoms with van der Waals surface area (Å²) < 4.78 is 16.0. The lowest BCUT2D eigenvalue weighted by Crippen LogP contribution is -2.20. The predicted octanol–water partition coefficient (Wildman–Crippen LogP) is 1.95. The lowest BCUT2D eigenvalue weighted by atomic mass is 10.1. The van der Waals surface area contributed by atoms with Crippen molar-refractivity contribution in [3.05, 3.63) is 35.9 Å². The fourth-order valence-electron chi connectivity index (χ4n) is 2.13. The van der Waals surface area contributed by atoms with Crippen LogP contribution in [0.1, 0.15) is 37.6 Å². The van der Waals surface area contributed by atoms with Gasteiger partial charge in [-0.1, -0.05) is 25.1 Å². The lowest BCUT2D eigenvalue weighted by molar-refractivity contribution is -0.136. The van der Waals surface area contributed by atoms with Crippen molar-refractivity contribution in [3.8, 4) is 0 Å². The zero-order valence-corrected chi connectivity index (χ0v) is 14.1. The molecule has 130 valence electrons. The molecule has 1 aromatic carbocycles. The van der Waals surface area contributed by atoms with Crippen LogP contribution in [0.4, 0.5) is 0 Å². The second-order valence-electron chi connectivity index (χ2n) is 6.03. The van der Waals surface area contributed by atoms with Crippen molar-refractivity contribution in [2.75, 3.05) is 13.7 Å². The van der Waals surface area contributed by atoms with Gasteiger partial charge in [-0.2, -0.15) is 0 Å². The lowest BCUT2D eigenvalue weighted by Gasteiger charge is -2.13. The Bertz CT molecular complexity index is 462. The van der Waals surface area contributed by atoms with Crippen LogP contribution in [0.2, 0.25) is 0 Å². The van der Waals surface area contributed by atoms with Crippen molar-refractivity contribution < 1.29 is 29.2 Å². The highest BCUT2D eigenvalue weighted by Crippen LogP contribution is 2.26. The summed E-state index contributed by atoms with van der Waals surface area (Å²) in [5.41, 5.74) is 0.562. The van der Waals surface area contributed by atoms with Crippen LogP contribution in [0.5, 0.6) is 0 Å². The number of hydrogen-bond donors (Lipinski definition) is 2. The first-order valence-electron chi connectivity index (χ1n) is 7.56. The monoisotopic (exact) mass is 326 g/mol. The number of rotatable bonds is 4. The Morgan fingerprint density at radius 2 is 1.87 bits per heavy atom. The van der Waals surface area contributed by atoms with Gasteiger partial charge in [-0.25, -0.2) is 4.79 Å². The Morgan fingerprint density at radius 3 is 2.35 bits per heavy atom. The maximum atomic E-state index is 11.7. The molecular formula is C17H26O6. The Hall–Kier alpha value is -1.47. The van der Waals surface area contributed by atoms with Gasteiger partial charge in [0.25, 0.3) is 0 Å². The number of benzene rings is 1. The summed E-state index contributed by atoms with van der Waals surface area (Å²) in [6.45, 7) is 4.94. The molecule has 0 spiro atoms. The molecule has 1 aliphatic heterocycles. The number of hydrogen-bond acceptors (Lipinski definition) is 6. The summed E-state index contributed by atoms with van der Waals surface area (Å²) in [4.78, 5) is 11.7. The van der Waals surface area contributed by atoms with Gasteiger partial charge in [-0.3, -0.25) is 0 Å². The molecule has 0 bridgehead atoms. The van der Waals surface area contributed by atoms with E-state index in [1.54, 1.807) is 19.2 Å². The Balaban J connectivity index is 0.000000463. The Morgan fingerprint density at radius 1 is 1.30 bits per heavy atom. The molecule has 2 N–H and O–H groups in total. The van der Waals surface area contributed by atoms with Crippen molar-refractivity contribution in [3.63, 3.8) is 0 Å². The average Bonchev–Trinajstić information content (AvgIpc) is 2.84. The van der Waals surface area contributed by atoms with Crippen LogP contribution in [0, 0.1) is 5.92 Å². The van der Waals surface area contributed by atoms with Crippen LogP contribution >= 0.6 is 0 Å². The molecule has 2 rings (SSSR count). The number of carbonyl (C=O) groups is 1. The van der Waals surface area contributed by atoms with E-state index in [2.05, 4.69) is 6.92 Å². The maximum Gasteiger partial charge on any atom is 0.338 e. The van der Waals surface area contributed by atoms with Gasteiger partial charge in [0, 0.05) is 13.0 Å². The maximum absolute atomic E-state index is 11.7. The SMILES string of the molecule is CC(C)(O)O.COC1OC(COC(=O)c2ccccc2)CC1C. The highest BCUT2D eigenvalue weighted by Gasteiger charge is 2.32. The minimum Gasteiger partial charge on any atom is -0.459 e. The summed E-state index contributed by atoms with van der Waals surface area (Å²) in [5, 5.41) is 16.2. The number of ether oxygens (including phenoxy) is 3. The van der Waals surface area contributed by atoms with E-state index in [9.17, 15) is 4.79 Å². The average molecular weight is 326 g/mol. The molecule has 0 aromatic heterocycles. The van der Waals surface area contributed by atoms with Crippen LogP contribution in [0.3, 0.4) is 0 Å². The molecule has 1 aromatic rings. The highest BCUT2D eigenvalue weighted by atomic mass is 16.7. The van der Waals surface area contributed by atoms with Gasteiger partial charge in [0.05, 0.1) is 11.7 Å². The minimum absolute atomic E-state index is 0.0717. The normalized spacial score (nSPS) is 23.8. The van der Waals surface area contributed by atoms with E-state index in [0.29, 0.717) is 11.5 Å². The number of carbonyl (C=O) groups excluding carboxylic acids is 1. The summed E-state index contributed by atoms with van der Waals surface area (Å²) in [6.07, 6.45) is 0.587. The molecule has 3 unspecified atom stereocenters. The second-order valence-corrected chi connectivity index (χ2v) is 6.03. The van der Waals surface area contributed by atoms with Gasteiger partial charge in [0.2, 0.25) is 0 Å². The second kappa shape index (κ2) is 8.98. The molecule has 1 heterocycles. The van der Waals surface area contributed by atoms with Gasteiger partial charge >= 0.3 is 5.97 Å². The van der Waals surface area contributed by atoms with Gasteiger partial charge in [0.15, 0.2) is 12.1 Å². The topological polar surface area (TPSA) is 85.2 Å². The van der Waals surface area contributed by atoms with E-state index in [4.69, 9.17) is 24.4 Å². The molecule has 1 fully saturated rings. The molecule has 6 heteroatoms. The van der Waals surface area contributed by atoms with E-state index in [1.807, 2.05) is 18.2 Å². The first-order chi connectivity index (χ1) is 10.7. The largest absolute Gasteiger partial charge is 0.459 e. The minimum atomic E-state index is -1.50. The number of aliphatic hydroxyl groups is 2. The first-order valence-corrected chi connectivity index (χ1v) is 7.56. The fourth-order valence-corrected chi connectivity index (χ4v) is 2.13. The Kier molecular flexibility index (Phi) is 7.64. The van der Waals surface area contributed by atoms with Gasteiger partial charge in [-0.05, 0) is 32.4 Å². The standard InChI is InChI=1S/C14H18O4.C3H8O2/c1-10-8-12(18-14(10)16-2)9-17-13(15)11-6-4-3-5-7-11;1-3(2,4)5/h3-7,10,12,14H,8-9H2,1-2H3;4-5H,1-2H3. The summed E-state index contributed by atoms with van der Waals surface area (Å²) in [6, 6.07) is 8.95. The molecule has 1 aliphatic rings. The van der Waals surface area contributed by atoms with Crippen molar-refractivity contribution in [1.29, 1.82) is 0 Å². The van der Waals surface area contributed by atoms with E-state index in [1.165, 1.54) is 13.8 Å². The molecule has 0 aliphatic carbocycles. The van der Waals surface area contributed by atoms with Crippen LogP contribution in [-0.4, -0.2) is 48.1 Å². The quantitative estimate of drug-likeness (QED) is 0.650. The summed E-state index contributed by atoms with van der Waals surface area (Å²) in [7, 11) is 1.62. The van der Waals surface area contributed by atoms with Crippen LogP contribution in [0.15, 0.2) is 30.3 Å². The van der Waals surface area contributed by atoms with Crippen molar-refractivity contribution in [1.82, 2.24) is 0 Å². The van der Waals surface area contributed by atoms with E-state index < -0.39 is 5.79 Å².